The largest absolute Gasteiger partial charge is 0.355 e. The van der Waals surface area contributed by atoms with Crippen LogP contribution in [-0.4, -0.2) is 53.2 Å². The highest BCUT2D eigenvalue weighted by molar-refractivity contribution is 7.92. The molecule has 2 unspecified atom stereocenters. The first-order valence-corrected chi connectivity index (χ1v) is 15.8. The molecule has 194 valence electrons. The number of nitrogens with zero attached hydrogens (tertiary/aromatic N) is 1. The van der Waals surface area contributed by atoms with E-state index in [1.807, 2.05) is 23.6 Å². The molecule has 9 nitrogen and oxygen atoms in total. The quantitative estimate of drug-likeness (QED) is 0.406. The lowest BCUT2D eigenvalue weighted by Crippen LogP contribution is -2.39. The number of nitrogens with one attached hydrogen (secondary N) is 2. The van der Waals surface area contributed by atoms with Gasteiger partial charge in [0.15, 0.2) is 19.7 Å². The number of carbonyl (C=O) groups is 2. The molecule has 2 N–H and O–H groups in total. The molecule has 0 saturated heterocycles. The molecule has 1 fully saturated rings. The Morgan fingerprint density at radius 3 is 2.28 bits per heavy atom. The van der Waals surface area contributed by atoms with Crippen molar-refractivity contribution in [3.05, 3.63) is 46.7 Å². The number of carbonyl (C=O) groups excluding carboxylic acids is 2. The minimum atomic E-state index is -3.95. The number of nitriles is 1. The minimum Gasteiger partial charge on any atom is -0.355 e. The van der Waals surface area contributed by atoms with Gasteiger partial charge in [-0.1, -0.05) is 18.9 Å². The molecule has 0 radical (unpaired) electrons. The molecule has 0 aliphatic heterocycles. The Morgan fingerprint density at radius 2 is 1.64 bits per heavy atom. The maximum Gasteiger partial charge on any atom is 0.235 e. The lowest BCUT2D eigenvalue weighted by Gasteiger charge is -2.30. The van der Waals surface area contributed by atoms with E-state index in [-0.39, 0.29) is 33.9 Å². The monoisotopic (exact) mass is 551 g/mol. The molecule has 1 aromatic carbocycles. The van der Waals surface area contributed by atoms with Crippen LogP contribution < -0.4 is 10.6 Å². The van der Waals surface area contributed by atoms with Crippen molar-refractivity contribution in [3.63, 3.8) is 0 Å². The second-order valence-corrected chi connectivity index (χ2v) is 13.8. The van der Waals surface area contributed by atoms with Gasteiger partial charge in [-0.3, -0.25) is 9.59 Å². The van der Waals surface area contributed by atoms with Crippen molar-refractivity contribution in [1.29, 1.82) is 5.26 Å². The Morgan fingerprint density at radius 1 is 0.972 bits per heavy atom. The van der Waals surface area contributed by atoms with Gasteiger partial charge in [-0.2, -0.15) is 5.26 Å². The summed E-state index contributed by atoms with van der Waals surface area (Å²) >= 11 is 1.55. The molecule has 36 heavy (non-hydrogen) atoms. The second-order valence-electron chi connectivity index (χ2n) is 8.72. The van der Waals surface area contributed by atoms with Crippen molar-refractivity contribution in [1.82, 2.24) is 10.6 Å². The van der Waals surface area contributed by atoms with Gasteiger partial charge in [-0.05, 0) is 60.9 Å². The molecule has 2 atom stereocenters. The summed E-state index contributed by atoms with van der Waals surface area (Å²) in [4.78, 5) is 25.4. The van der Waals surface area contributed by atoms with Crippen LogP contribution in [0.15, 0.2) is 51.6 Å². The number of thiophene rings is 1. The van der Waals surface area contributed by atoms with Gasteiger partial charge in [-0.15, -0.1) is 11.3 Å². The van der Waals surface area contributed by atoms with Crippen LogP contribution in [0.25, 0.3) is 0 Å². The molecule has 0 spiro atoms. The van der Waals surface area contributed by atoms with Crippen molar-refractivity contribution in [2.75, 3.05) is 24.6 Å². The zero-order valence-electron chi connectivity index (χ0n) is 19.7. The molecule has 2 amide bonds. The molecule has 3 rings (SSSR count). The van der Waals surface area contributed by atoms with E-state index >= 15 is 0 Å². The molecule has 1 aliphatic rings. The van der Waals surface area contributed by atoms with Gasteiger partial charge in [0.25, 0.3) is 0 Å². The molecule has 1 heterocycles. The number of amides is 2. The molecule has 1 saturated carbocycles. The van der Waals surface area contributed by atoms with Crippen molar-refractivity contribution >= 4 is 42.8 Å². The molecular weight excluding hydrogens is 522 g/mol. The SMILES string of the molecule is N#CCNC(=O)C1CCCCC1CS(=O)(=O)c1ccc(S(=O)(=O)CC(=O)NCCc2cccs2)cc1. The van der Waals surface area contributed by atoms with Crippen LogP contribution in [0.3, 0.4) is 0 Å². The smallest absolute Gasteiger partial charge is 0.235 e. The minimum absolute atomic E-state index is 0.0383. The fourth-order valence-electron chi connectivity index (χ4n) is 4.33. The highest BCUT2D eigenvalue weighted by Gasteiger charge is 2.34. The summed E-state index contributed by atoms with van der Waals surface area (Å²) in [7, 11) is -7.73. The van der Waals surface area contributed by atoms with E-state index in [1.54, 1.807) is 11.3 Å². The van der Waals surface area contributed by atoms with Crippen molar-refractivity contribution in [2.45, 2.75) is 41.9 Å². The van der Waals surface area contributed by atoms with Gasteiger partial charge >= 0.3 is 0 Å². The van der Waals surface area contributed by atoms with Crippen molar-refractivity contribution in [3.8, 4) is 6.07 Å². The summed E-state index contributed by atoms with van der Waals surface area (Å²) < 4.78 is 51.4. The number of sulfone groups is 2. The van der Waals surface area contributed by atoms with Crippen LogP contribution in [0.4, 0.5) is 0 Å². The van der Waals surface area contributed by atoms with E-state index in [9.17, 15) is 26.4 Å². The van der Waals surface area contributed by atoms with Gasteiger partial charge < -0.3 is 10.6 Å². The standard InChI is InChI=1S/C24H29N3O6S3/c25-12-14-27-24(29)22-6-2-1-4-18(22)16-35(30,31)20-7-9-21(10-8-20)36(32,33)17-23(28)26-13-11-19-5-3-15-34-19/h3,5,7-10,15,18,22H,1-2,4,6,11,13-14,16-17H2,(H,26,28)(H,27,29). The highest BCUT2D eigenvalue weighted by Crippen LogP contribution is 2.33. The maximum absolute atomic E-state index is 13.0. The van der Waals surface area contributed by atoms with Crippen LogP contribution in [0.2, 0.25) is 0 Å². The van der Waals surface area contributed by atoms with Gasteiger partial charge in [0.2, 0.25) is 11.8 Å². The third-order valence-corrected chi connectivity index (χ3v) is 10.6. The molecule has 12 heteroatoms. The van der Waals surface area contributed by atoms with Crippen LogP contribution in [0.1, 0.15) is 30.6 Å². The predicted molar refractivity (Wildman–Crippen MR) is 136 cm³/mol. The number of benzene rings is 1. The molecular formula is C24H29N3O6S3. The normalized spacial score (nSPS) is 18.2. The first kappa shape index (κ1) is 27.8. The molecule has 1 aromatic heterocycles. The van der Waals surface area contributed by atoms with Gasteiger partial charge in [0.1, 0.15) is 12.3 Å². The first-order chi connectivity index (χ1) is 17.1. The summed E-state index contributed by atoms with van der Waals surface area (Å²) in [5, 5.41) is 15.7. The average molecular weight is 552 g/mol. The Bertz CT molecular complexity index is 1300. The second kappa shape index (κ2) is 12.5. The van der Waals surface area contributed by atoms with Crippen LogP contribution >= 0.6 is 11.3 Å². The third-order valence-electron chi connectivity index (χ3n) is 6.16. The van der Waals surface area contributed by atoms with E-state index in [4.69, 9.17) is 5.26 Å². The molecule has 1 aliphatic carbocycles. The summed E-state index contributed by atoms with van der Waals surface area (Å²) in [6.45, 7) is 0.195. The Kier molecular flexibility index (Phi) is 9.64. The van der Waals surface area contributed by atoms with E-state index in [2.05, 4.69) is 10.6 Å². The summed E-state index contributed by atoms with van der Waals surface area (Å²) in [5.41, 5.74) is 0. The molecule has 2 aromatic rings. The van der Waals surface area contributed by atoms with E-state index in [0.717, 1.165) is 17.7 Å². The Labute approximate surface area is 215 Å². The topological polar surface area (TPSA) is 150 Å². The fourth-order valence-corrected chi connectivity index (χ4v) is 7.91. The van der Waals surface area contributed by atoms with Gasteiger partial charge in [-0.25, -0.2) is 16.8 Å². The maximum atomic E-state index is 13.0. The zero-order valence-corrected chi connectivity index (χ0v) is 22.1. The third kappa shape index (κ3) is 7.62. The van der Waals surface area contributed by atoms with E-state index in [1.165, 1.54) is 24.3 Å². The summed E-state index contributed by atoms with van der Waals surface area (Å²) in [6.07, 6.45) is 3.38. The number of rotatable bonds is 11. The average Bonchev–Trinajstić information content (AvgIpc) is 3.36. The zero-order chi connectivity index (χ0) is 26.2. The first-order valence-electron chi connectivity index (χ1n) is 11.6. The number of hydrogen-bond donors (Lipinski definition) is 2. The Balaban J connectivity index is 1.61. The lowest BCUT2D eigenvalue weighted by molar-refractivity contribution is -0.127. The van der Waals surface area contributed by atoms with Crippen molar-refractivity contribution < 1.29 is 26.4 Å². The highest BCUT2D eigenvalue weighted by atomic mass is 32.2. The number of hydrogen-bond acceptors (Lipinski definition) is 8. The summed E-state index contributed by atoms with van der Waals surface area (Å²) in [6, 6.07) is 10.5. The Hall–Kier alpha value is -2.75. The lowest BCUT2D eigenvalue weighted by atomic mass is 9.80. The van der Waals surface area contributed by atoms with Crippen LogP contribution in [0.5, 0.6) is 0 Å². The van der Waals surface area contributed by atoms with E-state index < -0.39 is 37.3 Å². The van der Waals surface area contributed by atoms with E-state index in [0.29, 0.717) is 25.8 Å². The predicted octanol–water partition coefficient (Wildman–Crippen LogP) is 2.10. The van der Waals surface area contributed by atoms with Gasteiger partial charge in [0.05, 0.1) is 21.6 Å². The molecule has 0 bridgehead atoms. The fraction of sp³-hybridized carbons (Fsp3) is 0.458. The van der Waals surface area contributed by atoms with Crippen LogP contribution in [0, 0.1) is 23.2 Å². The van der Waals surface area contributed by atoms with Crippen LogP contribution in [-0.2, 0) is 35.7 Å². The van der Waals surface area contributed by atoms with Crippen molar-refractivity contribution in [2.24, 2.45) is 11.8 Å². The van der Waals surface area contributed by atoms with Gasteiger partial charge in [0, 0.05) is 17.3 Å². The summed E-state index contributed by atoms with van der Waals surface area (Å²) in [5.74, 6) is -2.78.